The molecule has 19 heavy (non-hydrogen) atoms. The van der Waals surface area contributed by atoms with E-state index in [9.17, 15) is 13.2 Å². The SMILES string of the molecule is CCC(C)(C)CNC(=O)c1cc(S(=O)(=O)Cl)c(C)s1. The van der Waals surface area contributed by atoms with E-state index in [0.717, 1.165) is 17.8 Å². The first kappa shape index (κ1) is 16.5. The third-order valence-corrected chi connectivity index (χ3v) is 5.67. The zero-order valence-corrected chi connectivity index (χ0v) is 13.8. The van der Waals surface area contributed by atoms with E-state index in [2.05, 4.69) is 26.1 Å². The Bertz CT molecular complexity index is 576. The van der Waals surface area contributed by atoms with E-state index in [1.807, 2.05) is 0 Å². The van der Waals surface area contributed by atoms with Crippen molar-refractivity contribution in [3.05, 3.63) is 15.8 Å². The van der Waals surface area contributed by atoms with Gasteiger partial charge in [-0.15, -0.1) is 11.3 Å². The Morgan fingerprint density at radius 3 is 2.47 bits per heavy atom. The smallest absolute Gasteiger partial charge is 0.262 e. The lowest BCUT2D eigenvalue weighted by Crippen LogP contribution is -2.33. The van der Waals surface area contributed by atoms with E-state index >= 15 is 0 Å². The number of carbonyl (C=O) groups is 1. The van der Waals surface area contributed by atoms with Crippen molar-refractivity contribution in [2.24, 2.45) is 5.41 Å². The minimum absolute atomic E-state index is 0.0130. The van der Waals surface area contributed by atoms with Crippen molar-refractivity contribution in [3.63, 3.8) is 0 Å². The fourth-order valence-electron chi connectivity index (χ4n) is 1.35. The average molecular weight is 324 g/mol. The first-order valence-corrected chi connectivity index (χ1v) is 9.03. The number of hydrogen-bond acceptors (Lipinski definition) is 4. The quantitative estimate of drug-likeness (QED) is 0.847. The highest BCUT2D eigenvalue weighted by atomic mass is 35.7. The topological polar surface area (TPSA) is 63.2 Å². The van der Waals surface area contributed by atoms with Gasteiger partial charge in [-0.1, -0.05) is 20.8 Å². The molecule has 0 aliphatic carbocycles. The Morgan fingerprint density at radius 1 is 1.47 bits per heavy atom. The van der Waals surface area contributed by atoms with Crippen LogP contribution in [0.3, 0.4) is 0 Å². The maximum atomic E-state index is 12.0. The minimum atomic E-state index is -3.79. The van der Waals surface area contributed by atoms with Crippen molar-refractivity contribution in [2.75, 3.05) is 6.54 Å². The molecule has 7 heteroatoms. The van der Waals surface area contributed by atoms with Crippen LogP contribution in [0.4, 0.5) is 0 Å². The number of hydrogen-bond donors (Lipinski definition) is 1. The number of rotatable bonds is 5. The zero-order chi connectivity index (χ0) is 14.8. The molecule has 0 saturated heterocycles. The summed E-state index contributed by atoms with van der Waals surface area (Å²) in [6.07, 6.45) is 0.943. The predicted octanol–water partition coefficient (Wildman–Crippen LogP) is 3.15. The lowest BCUT2D eigenvalue weighted by atomic mass is 9.90. The molecule has 0 atom stereocenters. The van der Waals surface area contributed by atoms with Crippen LogP contribution in [-0.4, -0.2) is 20.9 Å². The standard InChI is InChI=1S/C12H18ClNO3S2/c1-5-12(3,4)7-14-11(15)9-6-10(8(2)18-9)19(13,16)17/h6H,5,7H2,1-4H3,(H,14,15). The molecular formula is C12H18ClNO3S2. The normalized spacial score (nSPS) is 12.5. The maximum Gasteiger partial charge on any atom is 0.262 e. The molecule has 1 rings (SSSR count). The van der Waals surface area contributed by atoms with E-state index in [1.165, 1.54) is 6.07 Å². The van der Waals surface area contributed by atoms with Gasteiger partial charge in [0.1, 0.15) is 0 Å². The maximum absolute atomic E-state index is 12.0. The zero-order valence-electron chi connectivity index (χ0n) is 11.4. The van der Waals surface area contributed by atoms with Gasteiger partial charge in [-0.2, -0.15) is 0 Å². The lowest BCUT2D eigenvalue weighted by molar-refractivity contribution is 0.0939. The van der Waals surface area contributed by atoms with Crippen LogP contribution in [0.5, 0.6) is 0 Å². The molecule has 0 saturated carbocycles. The highest BCUT2D eigenvalue weighted by molar-refractivity contribution is 8.13. The van der Waals surface area contributed by atoms with Gasteiger partial charge < -0.3 is 5.32 Å². The molecule has 0 aromatic carbocycles. The third-order valence-electron chi connectivity index (χ3n) is 3.04. The summed E-state index contributed by atoms with van der Waals surface area (Å²) in [7, 11) is 1.51. The molecule has 0 fully saturated rings. The van der Waals surface area contributed by atoms with Gasteiger partial charge in [0.2, 0.25) is 0 Å². The number of amides is 1. The molecule has 1 amide bonds. The summed E-state index contributed by atoms with van der Waals surface area (Å²) >= 11 is 1.13. The number of nitrogens with one attached hydrogen (secondary N) is 1. The first-order valence-electron chi connectivity index (χ1n) is 5.90. The van der Waals surface area contributed by atoms with Gasteiger partial charge in [-0.25, -0.2) is 8.42 Å². The Hall–Kier alpha value is -0.590. The second-order valence-corrected chi connectivity index (χ2v) is 8.96. The van der Waals surface area contributed by atoms with Crippen LogP contribution in [0.15, 0.2) is 11.0 Å². The van der Waals surface area contributed by atoms with Gasteiger partial charge in [0.05, 0.1) is 9.77 Å². The van der Waals surface area contributed by atoms with Crippen LogP contribution in [0.25, 0.3) is 0 Å². The second-order valence-electron chi connectivity index (χ2n) is 5.17. The number of halogens is 1. The Labute approximate surface area is 122 Å². The molecule has 4 nitrogen and oxygen atoms in total. The fraction of sp³-hybridized carbons (Fsp3) is 0.583. The summed E-state index contributed by atoms with van der Waals surface area (Å²) < 4.78 is 22.6. The van der Waals surface area contributed by atoms with E-state index < -0.39 is 9.05 Å². The van der Waals surface area contributed by atoms with E-state index in [4.69, 9.17) is 10.7 Å². The molecule has 1 aromatic heterocycles. The van der Waals surface area contributed by atoms with Crippen LogP contribution >= 0.6 is 22.0 Å². The van der Waals surface area contributed by atoms with Gasteiger partial charge in [-0.3, -0.25) is 4.79 Å². The summed E-state index contributed by atoms with van der Waals surface area (Å²) in [4.78, 5) is 12.9. The first-order chi connectivity index (χ1) is 8.57. The third kappa shape index (κ3) is 4.47. The van der Waals surface area contributed by atoms with Crippen molar-refractivity contribution >= 4 is 37.0 Å². The molecule has 0 aliphatic heterocycles. The summed E-state index contributed by atoms with van der Waals surface area (Å²) in [5.41, 5.74) is 0.0172. The van der Waals surface area contributed by atoms with Gasteiger partial charge in [0.25, 0.3) is 15.0 Å². The van der Waals surface area contributed by atoms with E-state index in [1.54, 1.807) is 6.92 Å². The van der Waals surface area contributed by atoms with Crippen molar-refractivity contribution in [2.45, 2.75) is 39.0 Å². The molecular weight excluding hydrogens is 306 g/mol. The van der Waals surface area contributed by atoms with Crippen LogP contribution in [0, 0.1) is 12.3 Å². The summed E-state index contributed by atoms with van der Waals surface area (Å²) in [6, 6.07) is 1.33. The monoisotopic (exact) mass is 323 g/mol. The minimum Gasteiger partial charge on any atom is -0.351 e. The van der Waals surface area contributed by atoms with Gasteiger partial charge in [0, 0.05) is 22.1 Å². The molecule has 0 radical (unpaired) electrons. The summed E-state index contributed by atoms with van der Waals surface area (Å²) in [5, 5.41) is 2.82. The van der Waals surface area contributed by atoms with Gasteiger partial charge >= 0.3 is 0 Å². The Balaban J connectivity index is 2.85. The number of aryl methyl sites for hydroxylation is 1. The summed E-state index contributed by atoms with van der Waals surface area (Å²) in [5.74, 6) is -0.263. The average Bonchev–Trinajstić information content (AvgIpc) is 2.68. The van der Waals surface area contributed by atoms with E-state index in [0.29, 0.717) is 16.3 Å². The molecule has 1 heterocycles. The van der Waals surface area contributed by atoms with Crippen LogP contribution < -0.4 is 5.32 Å². The largest absolute Gasteiger partial charge is 0.351 e. The molecule has 0 aliphatic rings. The Morgan fingerprint density at radius 2 is 2.05 bits per heavy atom. The van der Waals surface area contributed by atoms with Crippen LogP contribution in [-0.2, 0) is 9.05 Å². The number of carbonyl (C=O) groups excluding carboxylic acids is 1. The molecule has 1 aromatic rings. The van der Waals surface area contributed by atoms with Gasteiger partial charge in [0.15, 0.2) is 0 Å². The van der Waals surface area contributed by atoms with Crippen molar-refractivity contribution in [1.29, 1.82) is 0 Å². The molecule has 0 spiro atoms. The highest BCUT2D eigenvalue weighted by Crippen LogP contribution is 2.28. The van der Waals surface area contributed by atoms with E-state index in [-0.39, 0.29) is 16.2 Å². The molecule has 0 bridgehead atoms. The van der Waals surface area contributed by atoms with Crippen LogP contribution in [0.1, 0.15) is 41.7 Å². The van der Waals surface area contributed by atoms with Crippen molar-refractivity contribution in [3.8, 4) is 0 Å². The predicted molar refractivity (Wildman–Crippen MR) is 78.5 cm³/mol. The lowest BCUT2D eigenvalue weighted by Gasteiger charge is -2.22. The van der Waals surface area contributed by atoms with Crippen molar-refractivity contribution < 1.29 is 13.2 Å². The second kappa shape index (κ2) is 5.81. The van der Waals surface area contributed by atoms with Gasteiger partial charge in [-0.05, 0) is 24.8 Å². The molecule has 108 valence electrons. The molecule has 1 N–H and O–H groups in total. The van der Waals surface area contributed by atoms with Crippen molar-refractivity contribution in [1.82, 2.24) is 5.32 Å². The highest BCUT2D eigenvalue weighted by Gasteiger charge is 2.22. The fourth-order valence-corrected chi connectivity index (χ4v) is 3.93. The van der Waals surface area contributed by atoms with Crippen LogP contribution in [0.2, 0.25) is 0 Å². The summed E-state index contributed by atoms with van der Waals surface area (Å²) in [6.45, 7) is 8.34. The molecule has 0 unspecified atom stereocenters. The number of thiophene rings is 1. The Kier molecular flexibility index (Phi) is 5.03.